The van der Waals surface area contributed by atoms with Crippen molar-refractivity contribution < 1.29 is 8.78 Å². The van der Waals surface area contributed by atoms with E-state index in [1.807, 2.05) is 13.0 Å². The molecule has 86 valence electrons. The molecule has 0 bridgehead atoms. The van der Waals surface area contributed by atoms with Crippen LogP contribution in [0.3, 0.4) is 0 Å². The van der Waals surface area contributed by atoms with Crippen molar-refractivity contribution in [2.45, 2.75) is 32.4 Å². The highest BCUT2D eigenvalue weighted by Crippen LogP contribution is 2.19. The number of rotatable bonds is 5. The predicted octanol–water partition coefficient (Wildman–Crippen LogP) is 3.13. The Hall–Kier alpha value is -1.40. The Labute approximate surface area is 94.9 Å². The second-order valence-electron chi connectivity index (χ2n) is 3.55. The molecule has 16 heavy (non-hydrogen) atoms. The van der Waals surface area contributed by atoms with Crippen LogP contribution in [0.1, 0.15) is 30.9 Å². The van der Waals surface area contributed by atoms with Crippen molar-refractivity contribution in [2.24, 2.45) is 0 Å². The van der Waals surface area contributed by atoms with Crippen LogP contribution in [0, 0.1) is 12.3 Å². The van der Waals surface area contributed by atoms with Gasteiger partial charge in [0, 0.05) is 12.1 Å². The summed E-state index contributed by atoms with van der Waals surface area (Å²) < 4.78 is 24.9. The van der Waals surface area contributed by atoms with Crippen molar-refractivity contribution in [3.63, 3.8) is 0 Å². The van der Waals surface area contributed by atoms with Crippen LogP contribution in [0.25, 0.3) is 0 Å². The highest BCUT2D eigenvalue weighted by molar-refractivity contribution is 5.24. The van der Waals surface area contributed by atoms with Gasteiger partial charge < -0.3 is 0 Å². The minimum absolute atomic E-state index is 0.00444. The van der Waals surface area contributed by atoms with Crippen LogP contribution in [-0.4, -0.2) is 6.04 Å². The molecule has 0 saturated carbocycles. The number of benzene rings is 1. The summed E-state index contributed by atoms with van der Waals surface area (Å²) in [4.78, 5) is 0. The van der Waals surface area contributed by atoms with E-state index in [0.717, 1.165) is 12.0 Å². The van der Waals surface area contributed by atoms with E-state index in [4.69, 9.17) is 6.42 Å². The number of hydrogen-bond acceptors (Lipinski definition) is 1. The molecule has 0 aliphatic carbocycles. The molecule has 1 aromatic rings. The van der Waals surface area contributed by atoms with E-state index in [-0.39, 0.29) is 11.6 Å². The lowest BCUT2D eigenvalue weighted by molar-refractivity contribution is 0.151. The Kier molecular flexibility index (Phi) is 4.94. The average Bonchev–Trinajstić information content (AvgIpc) is 2.31. The topological polar surface area (TPSA) is 12.0 Å². The molecule has 0 heterocycles. The van der Waals surface area contributed by atoms with Crippen molar-refractivity contribution in [3.8, 4) is 12.3 Å². The lowest BCUT2D eigenvalue weighted by atomic mass is 10.1. The molecule has 0 fully saturated rings. The molecular formula is C13H15F2N. The molecule has 0 saturated heterocycles. The van der Waals surface area contributed by atoms with E-state index in [0.29, 0.717) is 6.54 Å². The first kappa shape index (κ1) is 12.7. The zero-order valence-electron chi connectivity index (χ0n) is 9.21. The largest absolute Gasteiger partial charge is 0.300 e. The van der Waals surface area contributed by atoms with E-state index in [1.165, 1.54) is 12.1 Å². The normalized spacial score (nSPS) is 12.4. The lowest BCUT2D eigenvalue weighted by Crippen LogP contribution is -2.26. The number of nitrogens with one attached hydrogen (secondary N) is 1. The fourth-order valence-corrected chi connectivity index (χ4v) is 1.40. The highest BCUT2D eigenvalue weighted by Gasteiger charge is 2.07. The van der Waals surface area contributed by atoms with Crippen LogP contribution in [0.5, 0.6) is 0 Å². The van der Waals surface area contributed by atoms with Gasteiger partial charge in [0.2, 0.25) is 0 Å². The lowest BCUT2D eigenvalue weighted by Gasteiger charge is -2.11. The van der Waals surface area contributed by atoms with E-state index in [9.17, 15) is 8.78 Å². The molecule has 1 nitrogen and oxygen atoms in total. The number of alkyl halides is 2. The maximum absolute atomic E-state index is 12.4. The fraction of sp³-hybridized carbons (Fsp3) is 0.385. The van der Waals surface area contributed by atoms with E-state index in [2.05, 4.69) is 11.2 Å². The summed E-state index contributed by atoms with van der Waals surface area (Å²) in [6.45, 7) is 2.50. The summed E-state index contributed by atoms with van der Waals surface area (Å²) in [5.41, 5.74) is 0.875. The van der Waals surface area contributed by atoms with E-state index in [1.54, 1.807) is 6.07 Å². The van der Waals surface area contributed by atoms with E-state index < -0.39 is 6.43 Å². The van der Waals surface area contributed by atoms with Crippen molar-refractivity contribution in [1.29, 1.82) is 0 Å². The molecule has 0 radical (unpaired) electrons. The second kappa shape index (κ2) is 6.24. The van der Waals surface area contributed by atoms with Gasteiger partial charge in [0.15, 0.2) is 0 Å². The predicted molar refractivity (Wildman–Crippen MR) is 61.2 cm³/mol. The van der Waals surface area contributed by atoms with Gasteiger partial charge in [-0.15, -0.1) is 6.42 Å². The van der Waals surface area contributed by atoms with Crippen molar-refractivity contribution in [1.82, 2.24) is 5.32 Å². The summed E-state index contributed by atoms with van der Waals surface area (Å²) in [5.74, 6) is 2.60. The van der Waals surface area contributed by atoms with Crippen LogP contribution in [0.4, 0.5) is 8.78 Å². The molecule has 3 heteroatoms. The summed E-state index contributed by atoms with van der Waals surface area (Å²) in [6.07, 6.45) is 3.70. The van der Waals surface area contributed by atoms with E-state index >= 15 is 0 Å². The smallest absolute Gasteiger partial charge is 0.263 e. The Morgan fingerprint density at radius 1 is 1.44 bits per heavy atom. The minimum atomic E-state index is -2.42. The first-order valence-corrected chi connectivity index (χ1v) is 5.23. The summed E-state index contributed by atoms with van der Waals surface area (Å²) in [7, 11) is 0. The molecule has 0 aliphatic rings. The van der Waals surface area contributed by atoms with Gasteiger partial charge >= 0.3 is 0 Å². The Morgan fingerprint density at radius 3 is 2.75 bits per heavy atom. The van der Waals surface area contributed by atoms with Gasteiger partial charge in [0.1, 0.15) is 0 Å². The molecule has 0 aliphatic heterocycles. The Bertz CT molecular complexity index is 368. The third-order valence-electron chi connectivity index (χ3n) is 2.37. The fourth-order valence-electron chi connectivity index (χ4n) is 1.40. The van der Waals surface area contributed by atoms with Gasteiger partial charge in [-0.05, 0) is 18.1 Å². The monoisotopic (exact) mass is 223 g/mol. The van der Waals surface area contributed by atoms with Gasteiger partial charge in [0.25, 0.3) is 6.43 Å². The third-order valence-corrected chi connectivity index (χ3v) is 2.37. The maximum atomic E-state index is 12.4. The maximum Gasteiger partial charge on any atom is 0.263 e. The van der Waals surface area contributed by atoms with Crippen LogP contribution < -0.4 is 5.32 Å². The number of terminal acetylenes is 1. The quantitative estimate of drug-likeness (QED) is 0.756. The van der Waals surface area contributed by atoms with Crippen molar-refractivity contribution >= 4 is 0 Å². The molecule has 1 unspecified atom stereocenters. The van der Waals surface area contributed by atoms with Crippen LogP contribution >= 0.6 is 0 Å². The standard InChI is InChI=1S/C13H15F2N/c1-3-12(4-2)16-9-10-6-5-7-11(8-10)13(14)15/h1,5-8,12-13,16H,4,9H2,2H3. The number of hydrogen-bond donors (Lipinski definition) is 1. The van der Waals surface area contributed by atoms with Gasteiger partial charge in [0.05, 0.1) is 6.04 Å². The van der Waals surface area contributed by atoms with Crippen LogP contribution in [0.15, 0.2) is 24.3 Å². The average molecular weight is 223 g/mol. The molecule has 1 atom stereocenters. The van der Waals surface area contributed by atoms with Gasteiger partial charge in [-0.1, -0.05) is 31.0 Å². The summed E-state index contributed by atoms with van der Waals surface area (Å²) >= 11 is 0. The van der Waals surface area contributed by atoms with Crippen LogP contribution in [-0.2, 0) is 6.54 Å². The molecule has 0 spiro atoms. The molecular weight excluding hydrogens is 208 g/mol. The van der Waals surface area contributed by atoms with Gasteiger partial charge in [-0.3, -0.25) is 5.32 Å². The number of halogens is 2. The SMILES string of the molecule is C#CC(CC)NCc1cccc(C(F)F)c1. The Balaban J connectivity index is 2.61. The van der Waals surface area contributed by atoms with Gasteiger partial charge in [-0.2, -0.15) is 0 Å². The molecule has 1 N–H and O–H groups in total. The summed E-state index contributed by atoms with van der Waals surface area (Å²) in [5, 5.41) is 3.12. The molecule has 1 rings (SSSR count). The third kappa shape index (κ3) is 3.63. The zero-order valence-corrected chi connectivity index (χ0v) is 9.21. The highest BCUT2D eigenvalue weighted by atomic mass is 19.3. The van der Waals surface area contributed by atoms with Gasteiger partial charge in [-0.25, -0.2) is 8.78 Å². The van der Waals surface area contributed by atoms with Crippen molar-refractivity contribution in [2.75, 3.05) is 0 Å². The molecule has 1 aromatic carbocycles. The molecule has 0 amide bonds. The first-order chi connectivity index (χ1) is 7.67. The summed E-state index contributed by atoms with van der Waals surface area (Å²) in [6, 6.07) is 6.36. The Morgan fingerprint density at radius 2 is 2.19 bits per heavy atom. The van der Waals surface area contributed by atoms with Crippen molar-refractivity contribution in [3.05, 3.63) is 35.4 Å². The zero-order chi connectivity index (χ0) is 12.0. The first-order valence-electron chi connectivity index (χ1n) is 5.23. The second-order valence-corrected chi connectivity index (χ2v) is 3.55. The molecule has 0 aromatic heterocycles. The van der Waals surface area contributed by atoms with Crippen LogP contribution in [0.2, 0.25) is 0 Å². The minimum Gasteiger partial charge on any atom is -0.300 e.